The van der Waals surface area contributed by atoms with E-state index in [1.807, 2.05) is 0 Å². The lowest BCUT2D eigenvalue weighted by atomic mass is 10.1. The highest BCUT2D eigenvalue weighted by Gasteiger charge is 2.41. The molecule has 1 aliphatic heterocycles. The van der Waals surface area contributed by atoms with E-state index in [9.17, 15) is 19.1 Å². The van der Waals surface area contributed by atoms with Gasteiger partial charge in [0.15, 0.2) is 0 Å². The molecule has 1 aromatic rings. The summed E-state index contributed by atoms with van der Waals surface area (Å²) in [5.74, 6) is -0.796. The summed E-state index contributed by atoms with van der Waals surface area (Å²) in [5, 5.41) is 12.1. The van der Waals surface area contributed by atoms with Crippen LogP contribution in [-0.2, 0) is 27.1 Å². The quantitative estimate of drug-likeness (QED) is 0.799. The third kappa shape index (κ3) is 4.87. The van der Waals surface area contributed by atoms with Crippen LogP contribution < -0.4 is 5.32 Å². The lowest BCUT2D eigenvalue weighted by Gasteiger charge is -2.28. The van der Waals surface area contributed by atoms with Gasteiger partial charge < -0.3 is 19.9 Å². The van der Waals surface area contributed by atoms with E-state index in [1.165, 1.54) is 18.1 Å². The Hall–Kier alpha value is -2.19. The summed E-state index contributed by atoms with van der Waals surface area (Å²) in [6.07, 6.45) is 0.549. The zero-order valence-corrected chi connectivity index (χ0v) is 17.3. The molecule has 1 saturated heterocycles. The summed E-state index contributed by atoms with van der Waals surface area (Å²) in [6, 6.07) is 2.26. The number of likely N-dealkylation sites (tertiary alicyclic amines) is 1. The molecule has 1 unspecified atom stereocenters. The second-order valence-corrected chi connectivity index (χ2v) is 8.78. The monoisotopic (exact) mass is 408 g/mol. The van der Waals surface area contributed by atoms with Crippen molar-refractivity contribution in [3.05, 3.63) is 29.1 Å². The molecule has 7 nitrogen and oxygen atoms in total. The van der Waals surface area contributed by atoms with Gasteiger partial charge in [-0.05, 0) is 62.8 Å². The molecule has 160 valence electrons. The maximum atomic E-state index is 14.5. The Balaban J connectivity index is 1.75. The van der Waals surface area contributed by atoms with Crippen molar-refractivity contribution in [2.45, 2.75) is 57.8 Å². The zero-order valence-electron chi connectivity index (χ0n) is 17.3. The van der Waals surface area contributed by atoms with Gasteiger partial charge in [-0.25, -0.2) is 9.18 Å². The molecule has 29 heavy (non-hydrogen) atoms. The van der Waals surface area contributed by atoms with Crippen LogP contribution in [0.2, 0.25) is 0 Å². The van der Waals surface area contributed by atoms with Crippen LogP contribution in [0.15, 0.2) is 12.1 Å². The first-order valence-corrected chi connectivity index (χ1v) is 9.86. The van der Waals surface area contributed by atoms with E-state index >= 15 is 0 Å². The minimum absolute atomic E-state index is 0.00113. The minimum atomic E-state index is -0.767. The molecule has 0 spiro atoms. The number of aliphatic hydroxyl groups is 1. The third-order valence-corrected chi connectivity index (χ3v) is 5.34. The predicted molar refractivity (Wildman–Crippen MR) is 105 cm³/mol. The molecule has 1 heterocycles. The van der Waals surface area contributed by atoms with Crippen LogP contribution in [0.25, 0.3) is 0 Å². The Morgan fingerprint density at radius 1 is 1.31 bits per heavy atom. The first kappa shape index (κ1) is 21.5. The summed E-state index contributed by atoms with van der Waals surface area (Å²) in [7, 11) is 1.53. The number of benzene rings is 1. The van der Waals surface area contributed by atoms with Crippen molar-refractivity contribution in [1.82, 2.24) is 4.90 Å². The third-order valence-electron chi connectivity index (χ3n) is 5.34. The molecule has 0 saturated carbocycles. The van der Waals surface area contributed by atoms with Crippen LogP contribution in [0.3, 0.4) is 0 Å². The standard InChI is InChI=1S/C21H29FN2O5/c1-21(2,3)29-20(27)24-10-15(28-4)9-18(24)19(26)23-14-7-13-5-12(11-25)6-16(13)17(22)8-14/h7-8,12,15,18,25H,5-6,9-11H2,1-4H3,(H,23,26)/t12?,15-,18+/m1/s1. The van der Waals surface area contributed by atoms with Gasteiger partial charge in [-0.1, -0.05) is 0 Å². The Bertz CT molecular complexity index is 792. The van der Waals surface area contributed by atoms with E-state index in [0.717, 1.165) is 5.56 Å². The number of fused-ring (bicyclic) bond motifs is 1. The molecule has 0 radical (unpaired) electrons. The molecular weight excluding hydrogens is 379 g/mol. The number of hydrogen-bond donors (Lipinski definition) is 2. The van der Waals surface area contributed by atoms with Crippen molar-refractivity contribution in [1.29, 1.82) is 0 Å². The zero-order chi connectivity index (χ0) is 21.3. The van der Waals surface area contributed by atoms with Crippen molar-refractivity contribution in [3.63, 3.8) is 0 Å². The van der Waals surface area contributed by atoms with E-state index in [1.54, 1.807) is 26.8 Å². The summed E-state index contributed by atoms with van der Waals surface area (Å²) >= 11 is 0. The molecule has 3 rings (SSSR count). The average Bonchev–Trinajstić information content (AvgIpc) is 3.24. The topological polar surface area (TPSA) is 88.1 Å². The van der Waals surface area contributed by atoms with Crippen LogP contribution >= 0.6 is 0 Å². The Labute approximate surface area is 170 Å². The van der Waals surface area contributed by atoms with Crippen LogP contribution in [0.1, 0.15) is 38.3 Å². The van der Waals surface area contributed by atoms with Crippen LogP contribution in [-0.4, -0.2) is 60.0 Å². The first-order chi connectivity index (χ1) is 13.6. The summed E-state index contributed by atoms with van der Waals surface area (Å²) in [4.78, 5) is 26.8. The van der Waals surface area contributed by atoms with E-state index < -0.39 is 23.6 Å². The van der Waals surface area contributed by atoms with Crippen LogP contribution in [0.4, 0.5) is 14.9 Å². The lowest BCUT2D eigenvalue weighted by Crippen LogP contribution is -2.45. The Morgan fingerprint density at radius 2 is 2.03 bits per heavy atom. The molecule has 3 atom stereocenters. The molecule has 1 fully saturated rings. The number of hydrogen-bond acceptors (Lipinski definition) is 5. The number of aliphatic hydroxyl groups excluding tert-OH is 1. The van der Waals surface area contributed by atoms with Crippen LogP contribution in [0, 0.1) is 11.7 Å². The molecule has 8 heteroatoms. The van der Waals surface area contributed by atoms with Crippen molar-refractivity contribution < 1.29 is 28.6 Å². The molecule has 2 aliphatic rings. The number of amides is 2. The number of rotatable bonds is 4. The summed E-state index contributed by atoms with van der Waals surface area (Å²) in [6.45, 7) is 5.53. The number of methoxy groups -OCH3 is 1. The van der Waals surface area contributed by atoms with E-state index in [0.29, 0.717) is 30.5 Å². The van der Waals surface area contributed by atoms with Gasteiger partial charge in [0.1, 0.15) is 17.5 Å². The number of carbonyl (C=O) groups excluding carboxylic acids is 2. The maximum Gasteiger partial charge on any atom is 0.411 e. The Morgan fingerprint density at radius 3 is 2.66 bits per heavy atom. The molecule has 1 aromatic carbocycles. The van der Waals surface area contributed by atoms with E-state index in [4.69, 9.17) is 9.47 Å². The maximum absolute atomic E-state index is 14.5. The van der Waals surface area contributed by atoms with Gasteiger partial charge >= 0.3 is 6.09 Å². The summed E-state index contributed by atoms with van der Waals surface area (Å²) in [5.41, 5.74) is 1.05. The average molecular weight is 408 g/mol. The number of nitrogens with zero attached hydrogens (tertiary/aromatic N) is 1. The molecule has 2 N–H and O–H groups in total. The van der Waals surface area contributed by atoms with Gasteiger partial charge in [-0.3, -0.25) is 9.69 Å². The number of ether oxygens (including phenoxy) is 2. The number of halogens is 1. The van der Waals surface area contributed by atoms with Gasteiger partial charge in [0, 0.05) is 25.8 Å². The smallest absolute Gasteiger partial charge is 0.411 e. The molecular formula is C21H29FN2O5. The first-order valence-electron chi connectivity index (χ1n) is 9.86. The van der Waals surface area contributed by atoms with Crippen molar-refractivity contribution in [3.8, 4) is 0 Å². The fraction of sp³-hybridized carbons (Fsp3) is 0.619. The second kappa shape index (κ2) is 8.28. The number of anilines is 1. The molecule has 2 amide bonds. The second-order valence-electron chi connectivity index (χ2n) is 8.78. The number of carbonyl (C=O) groups is 2. The SMILES string of the molecule is CO[C@@H]1C[C@@H](C(=O)Nc2cc(F)c3c(c2)CC(CO)C3)N(C(=O)OC(C)(C)C)C1. The van der Waals surface area contributed by atoms with E-state index in [-0.39, 0.29) is 31.0 Å². The normalized spacial score (nSPS) is 23.8. The van der Waals surface area contributed by atoms with Gasteiger partial charge in [0.2, 0.25) is 5.91 Å². The summed E-state index contributed by atoms with van der Waals surface area (Å²) < 4.78 is 25.2. The van der Waals surface area contributed by atoms with Crippen molar-refractivity contribution >= 4 is 17.7 Å². The highest BCUT2D eigenvalue weighted by atomic mass is 19.1. The molecule has 1 aliphatic carbocycles. The highest BCUT2D eigenvalue weighted by Crippen LogP contribution is 2.32. The van der Waals surface area contributed by atoms with Gasteiger partial charge in [-0.15, -0.1) is 0 Å². The van der Waals surface area contributed by atoms with E-state index in [2.05, 4.69) is 5.32 Å². The van der Waals surface area contributed by atoms with Crippen LogP contribution in [0.5, 0.6) is 0 Å². The molecule has 0 aromatic heterocycles. The lowest BCUT2D eigenvalue weighted by molar-refractivity contribution is -0.120. The van der Waals surface area contributed by atoms with Crippen molar-refractivity contribution in [2.24, 2.45) is 5.92 Å². The minimum Gasteiger partial charge on any atom is -0.444 e. The fourth-order valence-electron chi connectivity index (χ4n) is 3.94. The Kier molecular flexibility index (Phi) is 6.14. The highest BCUT2D eigenvalue weighted by molar-refractivity contribution is 5.97. The van der Waals surface area contributed by atoms with Gasteiger partial charge in [0.25, 0.3) is 0 Å². The largest absolute Gasteiger partial charge is 0.444 e. The predicted octanol–water partition coefficient (Wildman–Crippen LogP) is 2.50. The van der Waals surface area contributed by atoms with Gasteiger partial charge in [-0.2, -0.15) is 0 Å². The molecule has 0 bridgehead atoms. The fourth-order valence-corrected chi connectivity index (χ4v) is 3.94. The van der Waals surface area contributed by atoms with Crippen molar-refractivity contribution in [2.75, 3.05) is 25.6 Å². The van der Waals surface area contributed by atoms with Gasteiger partial charge in [0.05, 0.1) is 12.6 Å². The number of nitrogens with one attached hydrogen (secondary N) is 1.